The summed E-state index contributed by atoms with van der Waals surface area (Å²) < 4.78 is 6.07. The first-order valence-electron chi connectivity index (χ1n) is 11.6. The molecule has 8 aromatic rings. The Morgan fingerprint density at radius 1 is 0.441 bits per heavy atom. The van der Waals surface area contributed by atoms with Gasteiger partial charge in [0, 0.05) is 32.5 Å². The molecule has 8 rings (SSSR count). The molecule has 2 nitrogen and oxygen atoms in total. The Morgan fingerprint density at radius 3 is 1.94 bits per heavy atom. The molecule has 2 heteroatoms. The van der Waals surface area contributed by atoms with Crippen LogP contribution in [-0.4, -0.2) is 4.98 Å². The maximum Gasteiger partial charge on any atom is 0.135 e. The lowest BCUT2D eigenvalue weighted by atomic mass is 9.95. The molecule has 2 aromatic heterocycles. The number of benzene rings is 6. The van der Waals surface area contributed by atoms with Crippen molar-refractivity contribution in [3.63, 3.8) is 0 Å². The van der Waals surface area contributed by atoms with Gasteiger partial charge < -0.3 is 9.40 Å². The van der Waals surface area contributed by atoms with Gasteiger partial charge in [-0.25, -0.2) is 0 Å². The smallest absolute Gasteiger partial charge is 0.135 e. The summed E-state index contributed by atoms with van der Waals surface area (Å²) in [6.45, 7) is 0. The second kappa shape index (κ2) is 6.49. The first kappa shape index (κ1) is 17.9. The van der Waals surface area contributed by atoms with Crippen molar-refractivity contribution in [2.75, 3.05) is 0 Å². The fraction of sp³-hybridized carbons (Fsp3) is 0. The summed E-state index contributed by atoms with van der Waals surface area (Å²) in [5, 5.41) is 9.98. The van der Waals surface area contributed by atoms with Crippen LogP contribution in [0.25, 0.3) is 76.4 Å². The monoisotopic (exact) mass is 433 g/mol. The van der Waals surface area contributed by atoms with Gasteiger partial charge >= 0.3 is 0 Å². The van der Waals surface area contributed by atoms with Gasteiger partial charge in [0.05, 0.1) is 11.0 Å². The molecule has 158 valence electrons. The third-order valence-corrected chi connectivity index (χ3v) is 7.20. The molecule has 0 unspecified atom stereocenters. The SMILES string of the molecule is c1ccc2c(c1)oc1ccc(-c3cccc4c3[nH]c3c5ccccc5c5ccccc5c43)cc12. The van der Waals surface area contributed by atoms with E-state index in [4.69, 9.17) is 4.42 Å². The first-order valence-corrected chi connectivity index (χ1v) is 11.6. The van der Waals surface area contributed by atoms with E-state index < -0.39 is 0 Å². The standard InChI is InChI=1S/C32H19NO/c1-3-11-24-21(8-1)22-9-2-4-12-25(22)32-30(24)26-14-7-13-20(31(26)33-32)19-16-17-29-27(18-19)23-10-5-6-15-28(23)34-29/h1-18,33H. The molecule has 2 heterocycles. The highest BCUT2D eigenvalue weighted by Crippen LogP contribution is 2.42. The van der Waals surface area contributed by atoms with Crippen molar-refractivity contribution in [1.29, 1.82) is 0 Å². The molecule has 0 spiro atoms. The van der Waals surface area contributed by atoms with Crippen LogP contribution in [0.1, 0.15) is 0 Å². The van der Waals surface area contributed by atoms with Crippen LogP contribution in [0, 0.1) is 0 Å². The second-order valence-corrected chi connectivity index (χ2v) is 9.00. The molecule has 0 aliphatic heterocycles. The minimum Gasteiger partial charge on any atom is -0.456 e. The lowest BCUT2D eigenvalue weighted by Gasteiger charge is -2.07. The van der Waals surface area contributed by atoms with E-state index >= 15 is 0 Å². The lowest BCUT2D eigenvalue weighted by Crippen LogP contribution is -1.80. The summed E-state index contributed by atoms with van der Waals surface area (Å²) >= 11 is 0. The fourth-order valence-electron chi connectivity index (χ4n) is 5.71. The quantitative estimate of drug-likeness (QED) is 0.257. The van der Waals surface area contributed by atoms with Crippen LogP contribution in [0.3, 0.4) is 0 Å². The molecule has 0 atom stereocenters. The summed E-state index contributed by atoms with van der Waals surface area (Å²) in [6.07, 6.45) is 0. The third-order valence-electron chi connectivity index (χ3n) is 7.20. The molecule has 0 amide bonds. The Labute approximate surface area is 195 Å². The Morgan fingerprint density at radius 2 is 1.09 bits per heavy atom. The number of hydrogen-bond acceptors (Lipinski definition) is 1. The van der Waals surface area contributed by atoms with Gasteiger partial charge in [0.2, 0.25) is 0 Å². The highest BCUT2D eigenvalue weighted by molar-refractivity contribution is 6.32. The van der Waals surface area contributed by atoms with Crippen molar-refractivity contribution in [3.05, 3.63) is 109 Å². The Kier molecular flexibility index (Phi) is 3.42. The van der Waals surface area contributed by atoms with Crippen LogP contribution >= 0.6 is 0 Å². The predicted octanol–water partition coefficient (Wildman–Crippen LogP) is 9.19. The number of fused-ring (bicyclic) bond motifs is 11. The Hall–Kier alpha value is -4.56. The van der Waals surface area contributed by atoms with Gasteiger partial charge in [-0.15, -0.1) is 0 Å². The Balaban J connectivity index is 1.51. The van der Waals surface area contributed by atoms with E-state index in [1.165, 1.54) is 54.5 Å². The maximum absolute atomic E-state index is 6.07. The molecule has 0 bridgehead atoms. The van der Waals surface area contributed by atoms with E-state index in [2.05, 4.69) is 102 Å². The molecule has 0 saturated carbocycles. The Bertz CT molecular complexity index is 2070. The van der Waals surface area contributed by atoms with Gasteiger partial charge in [-0.3, -0.25) is 0 Å². The molecule has 0 aliphatic rings. The van der Waals surface area contributed by atoms with Crippen LogP contribution in [0.2, 0.25) is 0 Å². The van der Waals surface area contributed by atoms with Crippen LogP contribution in [0.5, 0.6) is 0 Å². The molecule has 0 aliphatic carbocycles. The van der Waals surface area contributed by atoms with E-state index in [0.717, 1.165) is 21.9 Å². The van der Waals surface area contributed by atoms with E-state index in [-0.39, 0.29) is 0 Å². The number of hydrogen-bond donors (Lipinski definition) is 1. The van der Waals surface area contributed by atoms with Crippen molar-refractivity contribution in [2.45, 2.75) is 0 Å². The van der Waals surface area contributed by atoms with E-state index in [9.17, 15) is 0 Å². The molecule has 0 fully saturated rings. The van der Waals surface area contributed by atoms with Crippen LogP contribution in [-0.2, 0) is 0 Å². The van der Waals surface area contributed by atoms with E-state index in [1.54, 1.807) is 0 Å². The summed E-state index contributed by atoms with van der Waals surface area (Å²) in [6, 6.07) is 38.8. The van der Waals surface area contributed by atoms with Crippen LogP contribution in [0.15, 0.2) is 114 Å². The molecule has 34 heavy (non-hydrogen) atoms. The molecule has 1 N–H and O–H groups in total. The number of rotatable bonds is 1. The summed E-state index contributed by atoms with van der Waals surface area (Å²) in [5.41, 5.74) is 6.61. The minimum atomic E-state index is 0.922. The molecular formula is C32H19NO. The predicted molar refractivity (Wildman–Crippen MR) is 144 cm³/mol. The van der Waals surface area contributed by atoms with Crippen molar-refractivity contribution in [2.24, 2.45) is 0 Å². The van der Waals surface area contributed by atoms with Gasteiger partial charge in [0.25, 0.3) is 0 Å². The average molecular weight is 434 g/mol. The third kappa shape index (κ3) is 2.29. The number of para-hydroxylation sites is 2. The van der Waals surface area contributed by atoms with Gasteiger partial charge in [-0.1, -0.05) is 91.0 Å². The zero-order valence-corrected chi connectivity index (χ0v) is 18.3. The van der Waals surface area contributed by atoms with E-state index in [1.807, 2.05) is 12.1 Å². The summed E-state index contributed by atoms with van der Waals surface area (Å²) in [4.78, 5) is 3.84. The molecular weight excluding hydrogens is 414 g/mol. The van der Waals surface area contributed by atoms with Crippen LogP contribution < -0.4 is 0 Å². The van der Waals surface area contributed by atoms with Crippen molar-refractivity contribution < 1.29 is 4.42 Å². The molecule has 6 aromatic carbocycles. The lowest BCUT2D eigenvalue weighted by molar-refractivity contribution is 0.669. The normalized spacial score (nSPS) is 12.1. The number of aromatic nitrogens is 1. The maximum atomic E-state index is 6.07. The summed E-state index contributed by atoms with van der Waals surface area (Å²) in [7, 11) is 0. The van der Waals surface area contributed by atoms with E-state index in [0.29, 0.717) is 0 Å². The molecule has 0 radical (unpaired) electrons. The van der Waals surface area contributed by atoms with Crippen LogP contribution in [0.4, 0.5) is 0 Å². The summed E-state index contributed by atoms with van der Waals surface area (Å²) in [5.74, 6) is 0. The highest BCUT2D eigenvalue weighted by atomic mass is 16.3. The van der Waals surface area contributed by atoms with Gasteiger partial charge in [-0.05, 0) is 39.9 Å². The zero-order valence-electron chi connectivity index (χ0n) is 18.3. The fourth-order valence-corrected chi connectivity index (χ4v) is 5.71. The van der Waals surface area contributed by atoms with Gasteiger partial charge in [-0.2, -0.15) is 0 Å². The first-order chi connectivity index (χ1) is 16.9. The topological polar surface area (TPSA) is 28.9 Å². The number of aromatic amines is 1. The van der Waals surface area contributed by atoms with Crippen molar-refractivity contribution in [1.82, 2.24) is 4.98 Å². The average Bonchev–Trinajstić information content (AvgIpc) is 3.47. The van der Waals surface area contributed by atoms with Crippen molar-refractivity contribution >= 4 is 65.3 Å². The van der Waals surface area contributed by atoms with Crippen molar-refractivity contribution in [3.8, 4) is 11.1 Å². The van der Waals surface area contributed by atoms with Gasteiger partial charge in [0.1, 0.15) is 11.2 Å². The molecule has 0 saturated heterocycles. The minimum absolute atomic E-state index is 0.922. The van der Waals surface area contributed by atoms with Gasteiger partial charge in [0.15, 0.2) is 0 Å². The largest absolute Gasteiger partial charge is 0.456 e. The number of furan rings is 1. The number of nitrogens with one attached hydrogen (secondary N) is 1. The highest BCUT2D eigenvalue weighted by Gasteiger charge is 2.16. The number of H-pyrrole nitrogens is 1. The zero-order chi connectivity index (χ0) is 22.2. The second-order valence-electron chi connectivity index (χ2n) is 9.00.